The summed E-state index contributed by atoms with van der Waals surface area (Å²) in [6, 6.07) is 12.2. The Morgan fingerprint density at radius 2 is 1.88 bits per heavy atom. The van der Waals surface area contributed by atoms with Gasteiger partial charge in [-0.2, -0.15) is 0 Å². The summed E-state index contributed by atoms with van der Waals surface area (Å²) in [5.41, 5.74) is 6.77. The van der Waals surface area contributed by atoms with Crippen LogP contribution >= 0.6 is 23.2 Å². The third-order valence-corrected chi connectivity index (χ3v) is 3.81. The summed E-state index contributed by atoms with van der Waals surface area (Å²) >= 11 is 11.7. The number of esters is 1. The molecule has 0 spiro atoms. The number of carbonyl (C=O) groups excluding carboxylic acids is 2. The van der Waals surface area contributed by atoms with Crippen molar-refractivity contribution in [2.75, 3.05) is 5.73 Å². The third kappa shape index (κ3) is 4.63. The highest BCUT2D eigenvalue weighted by Crippen LogP contribution is 2.28. The smallest absolute Gasteiger partial charge is 0.341 e. The van der Waals surface area contributed by atoms with Crippen molar-refractivity contribution in [3.63, 3.8) is 0 Å². The van der Waals surface area contributed by atoms with Gasteiger partial charge in [0.1, 0.15) is 0 Å². The number of hydrogen-bond donors (Lipinski definition) is 2. The maximum absolute atomic E-state index is 12.2. The second-order valence-corrected chi connectivity index (χ2v) is 5.94. The number of nitrogen functional groups attached to an aromatic ring is 1. The van der Waals surface area contributed by atoms with E-state index in [4.69, 9.17) is 33.7 Å². The van der Waals surface area contributed by atoms with E-state index in [-0.39, 0.29) is 21.3 Å². The minimum atomic E-state index is -0.988. The summed E-state index contributed by atoms with van der Waals surface area (Å²) in [7, 11) is 0. The van der Waals surface area contributed by atoms with Crippen LogP contribution in [0.3, 0.4) is 0 Å². The number of anilines is 1. The highest BCUT2D eigenvalue weighted by atomic mass is 35.5. The molecule has 1 atom stereocenters. The second-order valence-electron chi connectivity index (χ2n) is 5.10. The highest BCUT2D eigenvalue weighted by Gasteiger charge is 2.21. The van der Waals surface area contributed by atoms with Gasteiger partial charge in [0.05, 0.1) is 16.3 Å². The van der Waals surface area contributed by atoms with Gasteiger partial charge in [0.15, 0.2) is 6.10 Å². The van der Waals surface area contributed by atoms with Crippen LogP contribution in [0.2, 0.25) is 10.0 Å². The molecule has 2 rings (SSSR count). The van der Waals surface area contributed by atoms with Crippen molar-refractivity contribution in [3.05, 3.63) is 63.6 Å². The van der Waals surface area contributed by atoms with Gasteiger partial charge >= 0.3 is 5.97 Å². The van der Waals surface area contributed by atoms with Gasteiger partial charge in [-0.25, -0.2) is 4.79 Å². The van der Waals surface area contributed by atoms with E-state index in [2.05, 4.69) is 5.32 Å². The Balaban J connectivity index is 1.97. The lowest BCUT2D eigenvalue weighted by atomic mass is 10.2. The summed E-state index contributed by atoms with van der Waals surface area (Å²) < 4.78 is 5.13. The number of benzene rings is 2. The summed E-state index contributed by atoms with van der Waals surface area (Å²) in [5.74, 6) is -1.18. The molecular formula is C17H16Cl2N2O3. The lowest BCUT2D eigenvalue weighted by molar-refractivity contribution is -0.129. The van der Waals surface area contributed by atoms with E-state index in [9.17, 15) is 9.59 Å². The number of nitrogens with one attached hydrogen (secondary N) is 1. The first-order valence-corrected chi connectivity index (χ1v) is 7.91. The predicted molar refractivity (Wildman–Crippen MR) is 94.0 cm³/mol. The lowest BCUT2D eigenvalue weighted by Crippen LogP contribution is -2.35. The number of hydrogen-bond acceptors (Lipinski definition) is 4. The Morgan fingerprint density at radius 1 is 1.21 bits per heavy atom. The molecule has 0 unspecified atom stereocenters. The van der Waals surface area contributed by atoms with Crippen molar-refractivity contribution >= 4 is 40.8 Å². The van der Waals surface area contributed by atoms with E-state index in [0.29, 0.717) is 6.54 Å². The van der Waals surface area contributed by atoms with Gasteiger partial charge in [0.25, 0.3) is 5.91 Å². The van der Waals surface area contributed by atoms with Crippen LogP contribution < -0.4 is 11.1 Å². The van der Waals surface area contributed by atoms with Crippen LogP contribution in [0, 0.1) is 0 Å². The van der Waals surface area contributed by atoms with Crippen molar-refractivity contribution in [2.45, 2.75) is 19.6 Å². The number of nitrogens with two attached hydrogens (primary N) is 1. The number of ether oxygens (including phenoxy) is 1. The molecule has 0 heterocycles. The number of rotatable bonds is 5. The molecule has 5 nitrogen and oxygen atoms in total. The molecule has 24 heavy (non-hydrogen) atoms. The fourth-order valence-electron chi connectivity index (χ4n) is 1.96. The van der Waals surface area contributed by atoms with Crippen LogP contribution in [-0.4, -0.2) is 18.0 Å². The standard InChI is InChI=1S/C17H16Cl2N2O3/c1-10(16(22)21-9-11-5-3-2-4-6-11)24-17(23)13-7-12(18)8-14(19)15(13)20/h2-8,10H,9,20H2,1H3,(H,21,22)/t10-/m0/s1. The maximum Gasteiger partial charge on any atom is 0.341 e. The van der Waals surface area contributed by atoms with Crippen molar-refractivity contribution in [2.24, 2.45) is 0 Å². The van der Waals surface area contributed by atoms with E-state index < -0.39 is 18.0 Å². The fraction of sp³-hybridized carbons (Fsp3) is 0.176. The Hall–Kier alpha value is -2.24. The molecule has 0 bridgehead atoms. The van der Waals surface area contributed by atoms with Crippen LogP contribution in [0.25, 0.3) is 0 Å². The van der Waals surface area contributed by atoms with Crippen molar-refractivity contribution in [1.29, 1.82) is 0 Å². The molecule has 0 saturated heterocycles. The van der Waals surface area contributed by atoms with Gasteiger partial charge in [-0.05, 0) is 24.6 Å². The van der Waals surface area contributed by atoms with Crippen molar-refractivity contribution in [3.8, 4) is 0 Å². The molecular weight excluding hydrogens is 351 g/mol. The second kappa shape index (κ2) is 8.04. The summed E-state index contributed by atoms with van der Waals surface area (Å²) in [4.78, 5) is 24.2. The normalized spacial score (nSPS) is 11.6. The first-order chi connectivity index (χ1) is 11.4. The highest BCUT2D eigenvalue weighted by molar-refractivity contribution is 6.37. The SMILES string of the molecule is C[C@H](OC(=O)c1cc(Cl)cc(Cl)c1N)C(=O)NCc1ccccc1. The Morgan fingerprint density at radius 3 is 2.54 bits per heavy atom. The minimum Gasteiger partial charge on any atom is -0.449 e. The van der Waals surface area contributed by atoms with E-state index in [1.807, 2.05) is 30.3 Å². The average Bonchev–Trinajstić information content (AvgIpc) is 2.56. The summed E-state index contributed by atoms with van der Waals surface area (Å²) in [5, 5.41) is 3.09. The molecule has 0 aromatic heterocycles. The Kier molecular flexibility index (Phi) is 6.06. The molecule has 0 aliphatic heterocycles. The van der Waals surface area contributed by atoms with Crippen LogP contribution in [0.1, 0.15) is 22.8 Å². The average molecular weight is 367 g/mol. The molecule has 3 N–H and O–H groups in total. The van der Waals surface area contributed by atoms with E-state index in [1.165, 1.54) is 19.1 Å². The summed E-state index contributed by atoms with van der Waals surface area (Å²) in [6.07, 6.45) is -0.988. The molecule has 2 aromatic rings. The number of carbonyl (C=O) groups is 2. The third-order valence-electron chi connectivity index (χ3n) is 3.28. The maximum atomic E-state index is 12.2. The molecule has 1 amide bonds. The molecule has 126 valence electrons. The van der Waals surface area contributed by atoms with E-state index in [0.717, 1.165) is 5.56 Å². The van der Waals surface area contributed by atoms with Gasteiger partial charge < -0.3 is 15.8 Å². The van der Waals surface area contributed by atoms with Gasteiger partial charge in [-0.1, -0.05) is 53.5 Å². The molecule has 2 aromatic carbocycles. The zero-order valence-corrected chi connectivity index (χ0v) is 14.4. The van der Waals surface area contributed by atoms with Gasteiger partial charge in [-0.15, -0.1) is 0 Å². The van der Waals surface area contributed by atoms with E-state index in [1.54, 1.807) is 0 Å². The number of amides is 1. The Labute approximate surface area is 149 Å². The Bertz CT molecular complexity index is 751. The molecule has 0 radical (unpaired) electrons. The van der Waals surface area contributed by atoms with Crippen LogP contribution in [0.15, 0.2) is 42.5 Å². The van der Waals surface area contributed by atoms with Gasteiger partial charge in [-0.3, -0.25) is 4.79 Å². The molecule has 0 saturated carbocycles. The quantitative estimate of drug-likeness (QED) is 0.627. The lowest BCUT2D eigenvalue weighted by Gasteiger charge is -2.15. The molecule has 0 aliphatic carbocycles. The largest absolute Gasteiger partial charge is 0.449 e. The molecule has 7 heteroatoms. The summed E-state index contributed by atoms with van der Waals surface area (Å²) in [6.45, 7) is 1.81. The van der Waals surface area contributed by atoms with Crippen LogP contribution in [0.4, 0.5) is 5.69 Å². The monoisotopic (exact) mass is 366 g/mol. The first kappa shape index (κ1) is 18.1. The minimum absolute atomic E-state index is 0.0233. The topological polar surface area (TPSA) is 81.4 Å². The zero-order chi connectivity index (χ0) is 17.7. The number of halogens is 2. The van der Waals surface area contributed by atoms with Gasteiger partial charge in [0.2, 0.25) is 0 Å². The van der Waals surface area contributed by atoms with Gasteiger partial charge in [0, 0.05) is 11.6 Å². The van der Waals surface area contributed by atoms with Crippen LogP contribution in [0.5, 0.6) is 0 Å². The zero-order valence-electron chi connectivity index (χ0n) is 12.9. The fourth-order valence-corrected chi connectivity index (χ4v) is 2.45. The first-order valence-electron chi connectivity index (χ1n) is 7.15. The van der Waals surface area contributed by atoms with Crippen molar-refractivity contribution in [1.82, 2.24) is 5.32 Å². The van der Waals surface area contributed by atoms with Crippen molar-refractivity contribution < 1.29 is 14.3 Å². The van der Waals surface area contributed by atoms with E-state index >= 15 is 0 Å². The molecule has 0 fully saturated rings. The molecule has 0 aliphatic rings. The van der Waals surface area contributed by atoms with Crippen LogP contribution in [-0.2, 0) is 16.1 Å². The predicted octanol–water partition coefficient (Wildman–Crippen LogP) is 3.44.